The van der Waals surface area contributed by atoms with Crippen molar-refractivity contribution in [1.82, 2.24) is 0 Å². The van der Waals surface area contributed by atoms with Crippen LogP contribution in [-0.2, 0) is 0 Å². The van der Waals surface area contributed by atoms with Crippen LogP contribution in [0.3, 0.4) is 0 Å². The molecule has 5 nitrogen and oxygen atoms in total. The van der Waals surface area contributed by atoms with Crippen molar-refractivity contribution in [3.05, 3.63) is 40.8 Å². The number of aldehydes is 1. The van der Waals surface area contributed by atoms with Crippen LogP contribution < -0.4 is 0 Å². The molecular weight excluding hydrogens is 222 g/mol. The van der Waals surface area contributed by atoms with E-state index in [2.05, 4.69) is 5.18 Å². The SMILES string of the molecule is CN=O.O=Cc1cc2cc(O)ccc2cc1O. The fraction of sp³-hybridized carbons (Fsp3) is 0.0833. The van der Waals surface area contributed by atoms with Gasteiger partial charge in [-0.25, -0.2) is 0 Å². The maximum Gasteiger partial charge on any atom is 0.153 e. The van der Waals surface area contributed by atoms with Crippen LogP contribution >= 0.6 is 0 Å². The number of rotatable bonds is 1. The maximum absolute atomic E-state index is 10.5. The van der Waals surface area contributed by atoms with Gasteiger partial charge in [-0.2, -0.15) is 4.91 Å². The second-order valence-corrected chi connectivity index (χ2v) is 3.24. The molecule has 0 heterocycles. The van der Waals surface area contributed by atoms with Gasteiger partial charge in [0.25, 0.3) is 0 Å². The first-order valence-corrected chi connectivity index (χ1v) is 4.74. The minimum Gasteiger partial charge on any atom is -0.508 e. The van der Waals surface area contributed by atoms with Gasteiger partial charge in [0.15, 0.2) is 6.29 Å². The van der Waals surface area contributed by atoms with Crippen LogP contribution in [0.5, 0.6) is 11.5 Å². The van der Waals surface area contributed by atoms with E-state index in [0.29, 0.717) is 6.29 Å². The number of benzene rings is 2. The highest BCUT2D eigenvalue weighted by molar-refractivity contribution is 5.92. The average Bonchev–Trinajstić information content (AvgIpc) is 2.30. The van der Waals surface area contributed by atoms with Gasteiger partial charge in [-0.15, -0.1) is 0 Å². The number of nitrogens with zero attached hydrogens (tertiary/aromatic N) is 1. The summed E-state index contributed by atoms with van der Waals surface area (Å²) in [6.45, 7) is 0. The molecule has 17 heavy (non-hydrogen) atoms. The Hall–Kier alpha value is -2.43. The number of carbonyl (C=O) groups excluding carboxylic acids is 1. The zero-order chi connectivity index (χ0) is 12.8. The third-order valence-corrected chi connectivity index (χ3v) is 2.10. The maximum atomic E-state index is 10.5. The summed E-state index contributed by atoms with van der Waals surface area (Å²) in [5, 5.41) is 22.4. The molecule has 2 N–H and O–H groups in total. The van der Waals surface area contributed by atoms with Crippen LogP contribution in [0.25, 0.3) is 10.8 Å². The number of hydrogen-bond donors (Lipinski definition) is 2. The average molecular weight is 233 g/mol. The van der Waals surface area contributed by atoms with Gasteiger partial charge in [0.1, 0.15) is 11.5 Å². The first kappa shape index (κ1) is 12.6. The molecule has 88 valence electrons. The predicted octanol–water partition coefficient (Wildman–Crippen LogP) is 2.45. The number of nitroso groups, excluding NO2 is 1. The minimum atomic E-state index is -0.0433. The summed E-state index contributed by atoms with van der Waals surface area (Å²) < 4.78 is 0. The second kappa shape index (κ2) is 5.60. The quantitative estimate of drug-likeness (QED) is 0.585. The molecule has 0 unspecified atom stereocenters. The van der Waals surface area contributed by atoms with E-state index in [1.165, 1.54) is 25.2 Å². The van der Waals surface area contributed by atoms with E-state index in [0.717, 1.165) is 10.8 Å². The lowest BCUT2D eigenvalue weighted by Gasteiger charge is -2.02. The van der Waals surface area contributed by atoms with Crippen LogP contribution in [0.1, 0.15) is 10.4 Å². The van der Waals surface area contributed by atoms with E-state index in [9.17, 15) is 15.0 Å². The van der Waals surface area contributed by atoms with Crippen molar-refractivity contribution in [2.75, 3.05) is 7.05 Å². The normalized spacial score (nSPS) is 9.24. The van der Waals surface area contributed by atoms with Crippen molar-refractivity contribution in [2.45, 2.75) is 0 Å². The van der Waals surface area contributed by atoms with Crippen molar-refractivity contribution in [3.63, 3.8) is 0 Å². The van der Waals surface area contributed by atoms with Gasteiger partial charge < -0.3 is 10.2 Å². The van der Waals surface area contributed by atoms with Crippen LogP contribution in [0.15, 0.2) is 35.5 Å². The van der Waals surface area contributed by atoms with Gasteiger partial charge in [-0.1, -0.05) is 11.2 Å². The lowest BCUT2D eigenvalue weighted by atomic mass is 10.1. The summed E-state index contributed by atoms with van der Waals surface area (Å²) in [5.74, 6) is 0.0956. The van der Waals surface area contributed by atoms with Gasteiger partial charge in [-0.05, 0) is 35.0 Å². The molecule has 0 saturated carbocycles. The van der Waals surface area contributed by atoms with Gasteiger partial charge in [0, 0.05) is 0 Å². The monoisotopic (exact) mass is 233 g/mol. The predicted molar refractivity (Wildman–Crippen MR) is 64.4 cm³/mol. The first-order chi connectivity index (χ1) is 8.12. The van der Waals surface area contributed by atoms with E-state index in [-0.39, 0.29) is 17.1 Å². The van der Waals surface area contributed by atoms with Crippen LogP contribution in [0.2, 0.25) is 0 Å². The number of fused-ring (bicyclic) bond motifs is 1. The molecule has 2 aromatic rings. The lowest BCUT2D eigenvalue weighted by molar-refractivity contribution is 0.112. The molecule has 0 aliphatic rings. The fourth-order valence-electron chi connectivity index (χ4n) is 1.39. The minimum absolute atomic E-state index is 0.0433. The molecule has 0 aliphatic heterocycles. The zero-order valence-electron chi connectivity index (χ0n) is 9.12. The Morgan fingerprint density at radius 1 is 1.12 bits per heavy atom. The molecule has 2 rings (SSSR count). The summed E-state index contributed by atoms with van der Waals surface area (Å²) >= 11 is 0. The summed E-state index contributed by atoms with van der Waals surface area (Å²) in [5.41, 5.74) is 0.225. The highest BCUT2D eigenvalue weighted by Gasteiger charge is 2.03. The molecule has 2 aromatic carbocycles. The Kier molecular flexibility index (Phi) is 4.16. The molecule has 0 atom stereocenters. The van der Waals surface area contributed by atoms with Crippen LogP contribution in [-0.4, -0.2) is 23.5 Å². The van der Waals surface area contributed by atoms with E-state index < -0.39 is 0 Å². The van der Waals surface area contributed by atoms with Crippen LogP contribution in [0.4, 0.5) is 0 Å². The molecule has 0 saturated heterocycles. The second-order valence-electron chi connectivity index (χ2n) is 3.24. The van der Waals surface area contributed by atoms with Gasteiger partial charge >= 0.3 is 0 Å². The highest BCUT2D eigenvalue weighted by Crippen LogP contribution is 2.26. The molecule has 0 aliphatic carbocycles. The number of phenolic OH excluding ortho intramolecular Hbond substituents is 2. The summed E-state index contributed by atoms with van der Waals surface area (Å²) in [6.07, 6.45) is 0.582. The van der Waals surface area contributed by atoms with Crippen LogP contribution in [0, 0.1) is 4.91 Å². The molecule has 0 radical (unpaired) electrons. The topological polar surface area (TPSA) is 87.0 Å². The number of carbonyl (C=O) groups is 1. The van der Waals surface area contributed by atoms with E-state index in [1.807, 2.05) is 0 Å². The third-order valence-electron chi connectivity index (χ3n) is 2.10. The Labute approximate surface area is 97.3 Å². The highest BCUT2D eigenvalue weighted by atomic mass is 16.3. The third kappa shape index (κ3) is 3.01. The summed E-state index contributed by atoms with van der Waals surface area (Å²) in [4.78, 5) is 19.1. The number of phenols is 2. The Bertz CT molecular complexity index is 551. The van der Waals surface area contributed by atoms with Crippen molar-refractivity contribution in [1.29, 1.82) is 0 Å². The number of aromatic hydroxyl groups is 2. The lowest BCUT2D eigenvalue weighted by Crippen LogP contribution is -1.82. The molecule has 5 heteroatoms. The van der Waals surface area contributed by atoms with E-state index >= 15 is 0 Å². The van der Waals surface area contributed by atoms with Crippen molar-refractivity contribution in [3.8, 4) is 11.5 Å². The molecule has 0 fully saturated rings. The Balaban J connectivity index is 0.000000437. The van der Waals surface area contributed by atoms with E-state index in [4.69, 9.17) is 4.91 Å². The molecule has 0 spiro atoms. The van der Waals surface area contributed by atoms with Gasteiger partial charge in [-0.3, -0.25) is 4.79 Å². The first-order valence-electron chi connectivity index (χ1n) is 4.74. The standard InChI is InChI=1S/C11H8O3.CH3NO/c12-6-9-3-8-4-10(13)2-1-7(8)5-11(9)14;1-2-3/h1-6,13-14H;1H3. The van der Waals surface area contributed by atoms with Crippen molar-refractivity contribution in [2.24, 2.45) is 5.18 Å². The van der Waals surface area contributed by atoms with Gasteiger partial charge in [0.2, 0.25) is 0 Å². The largest absolute Gasteiger partial charge is 0.508 e. The van der Waals surface area contributed by atoms with Gasteiger partial charge in [0.05, 0.1) is 12.6 Å². The fourth-order valence-corrected chi connectivity index (χ4v) is 1.39. The molecule has 0 amide bonds. The van der Waals surface area contributed by atoms with Crippen molar-refractivity contribution >= 4 is 17.1 Å². The molecular formula is C12H11NO4. The zero-order valence-corrected chi connectivity index (χ0v) is 9.12. The Morgan fingerprint density at radius 2 is 1.76 bits per heavy atom. The smallest absolute Gasteiger partial charge is 0.153 e. The Morgan fingerprint density at radius 3 is 2.35 bits per heavy atom. The molecule has 0 bridgehead atoms. The van der Waals surface area contributed by atoms with E-state index in [1.54, 1.807) is 12.1 Å². The summed E-state index contributed by atoms with van der Waals surface area (Å²) in [7, 11) is 1.19. The molecule has 0 aromatic heterocycles. The summed E-state index contributed by atoms with van der Waals surface area (Å²) in [6, 6.07) is 7.79. The number of hydrogen-bond acceptors (Lipinski definition) is 5. The van der Waals surface area contributed by atoms with Crippen molar-refractivity contribution < 1.29 is 15.0 Å².